The highest BCUT2D eigenvalue weighted by Crippen LogP contribution is 2.38. The molecular weight excluding hydrogens is 319 g/mol. The van der Waals surface area contributed by atoms with Crippen LogP contribution in [-0.2, 0) is 11.3 Å². The van der Waals surface area contributed by atoms with Gasteiger partial charge in [0.25, 0.3) is 5.91 Å². The lowest BCUT2D eigenvalue weighted by atomic mass is 10.1. The number of hydrogen-bond acceptors (Lipinski definition) is 2. The van der Waals surface area contributed by atoms with Gasteiger partial charge in [0.05, 0.1) is 0 Å². The van der Waals surface area contributed by atoms with Gasteiger partial charge in [-0.25, -0.2) is 4.39 Å². The molecule has 2 aromatic carbocycles. The van der Waals surface area contributed by atoms with E-state index in [9.17, 15) is 14.0 Å². The minimum absolute atomic E-state index is 0.0383. The molecule has 1 aliphatic rings. The van der Waals surface area contributed by atoms with Gasteiger partial charge < -0.3 is 10.6 Å². The lowest BCUT2D eigenvalue weighted by molar-refractivity contribution is -0.117. The number of amides is 2. The van der Waals surface area contributed by atoms with Gasteiger partial charge in [-0.3, -0.25) is 9.59 Å². The Labute approximate surface area is 146 Å². The van der Waals surface area contributed by atoms with E-state index in [2.05, 4.69) is 17.6 Å². The Kier molecular flexibility index (Phi) is 4.83. The van der Waals surface area contributed by atoms with E-state index in [1.807, 2.05) is 0 Å². The van der Waals surface area contributed by atoms with E-state index in [-0.39, 0.29) is 23.5 Å². The topological polar surface area (TPSA) is 58.2 Å². The lowest BCUT2D eigenvalue weighted by Crippen LogP contribution is -2.23. The van der Waals surface area contributed by atoms with Crippen molar-refractivity contribution >= 4 is 17.5 Å². The smallest absolute Gasteiger partial charge is 0.251 e. The number of hydrogen-bond donors (Lipinski definition) is 2. The molecule has 2 atom stereocenters. The maximum absolute atomic E-state index is 13.2. The van der Waals surface area contributed by atoms with Gasteiger partial charge in [-0.15, -0.1) is 0 Å². The van der Waals surface area contributed by atoms with Gasteiger partial charge in [0.1, 0.15) is 5.82 Å². The van der Waals surface area contributed by atoms with E-state index in [4.69, 9.17) is 0 Å². The second kappa shape index (κ2) is 7.05. The van der Waals surface area contributed by atoms with Gasteiger partial charge in [0.15, 0.2) is 0 Å². The molecule has 0 heterocycles. The molecule has 4 nitrogen and oxygen atoms in total. The number of aryl methyl sites for hydroxylation is 1. The summed E-state index contributed by atoms with van der Waals surface area (Å²) in [5.41, 5.74) is 2.60. The van der Waals surface area contributed by atoms with Crippen LogP contribution in [0.15, 0.2) is 42.5 Å². The van der Waals surface area contributed by atoms with Crippen molar-refractivity contribution in [3.05, 3.63) is 65.0 Å². The fourth-order valence-corrected chi connectivity index (χ4v) is 2.73. The average Bonchev–Trinajstić information content (AvgIpc) is 3.33. The Hall–Kier alpha value is -2.69. The molecule has 25 heavy (non-hydrogen) atoms. The van der Waals surface area contributed by atoms with Crippen molar-refractivity contribution in [2.75, 3.05) is 5.32 Å². The monoisotopic (exact) mass is 340 g/mol. The molecule has 1 aliphatic carbocycles. The van der Waals surface area contributed by atoms with E-state index >= 15 is 0 Å². The van der Waals surface area contributed by atoms with Crippen LogP contribution in [0.1, 0.15) is 34.8 Å². The first-order valence-corrected chi connectivity index (χ1v) is 8.38. The van der Waals surface area contributed by atoms with Gasteiger partial charge in [-0.1, -0.05) is 19.1 Å². The molecule has 0 radical (unpaired) electrons. The van der Waals surface area contributed by atoms with E-state index in [1.54, 1.807) is 43.3 Å². The molecule has 130 valence electrons. The summed E-state index contributed by atoms with van der Waals surface area (Å²) in [5.74, 6) is 0.141. The predicted molar refractivity (Wildman–Crippen MR) is 94.6 cm³/mol. The maximum atomic E-state index is 13.2. The molecule has 5 heteroatoms. The summed E-state index contributed by atoms with van der Waals surface area (Å²) in [6, 6.07) is 11.6. The second-order valence-corrected chi connectivity index (χ2v) is 6.65. The van der Waals surface area contributed by atoms with Crippen molar-refractivity contribution in [2.24, 2.45) is 11.8 Å². The highest BCUT2D eigenvalue weighted by atomic mass is 19.1. The van der Waals surface area contributed by atoms with Crippen molar-refractivity contribution in [2.45, 2.75) is 26.8 Å². The number of benzene rings is 2. The Bertz CT molecular complexity index is 802. The van der Waals surface area contributed by atoms with Gasteiger partial charge in [-0.05, 0) is 60.7 Å². The molecule has 0 bridgehead atoms. The van der Waals surface area contributed by atoms with Crippen LogP contribution in [0.25, 0.3) is 0 Å². The fraction of sp³-hybridized carbons (Fsp3) is 0.300. The van der Waals surface area contributed by atoms with E-state index < -0.39 is 0 Å². The largest absolute Gasteiger partial charge is 0.348 e. The van der Waals surface area contributed by atoms with E-state index in [0.29, 0.717) is 29.3 Å². The van der Waals surface area contributed by atoms with E-state index in [1.165, 1.54) is 6.07 Å². The molecule has 1 saturated carbocycles. The van der Waals surface area contributed by atoms with Crippen molar-refractivity contribution in [3.63, 3.8) is 0 Å². The Balaban J connectivity index is 1.55. The molecular formula is C20H21FN2O2. The highest BCUT2D eigenvalue weighted by molar-refractivity contribution is 5.96. The number of halogens is 1. The molecule has 1 fully saturated rings. The van der Waals surface area contributed by atoms with Crippen LogP contribution in [0.4, 0.5) is 10.1 Å². The summed E-state index contributed by atoms with van der Waals surface area (Å²) in [5, 5.41) is 5.67. The van der Waals surface area contributed by atoms with Crippen LogP contribution in [0.5, 0.6) is 0 Å². The molecule has 2 aromatic rings. The first kappa shape index (κ1) is 17.1. The molecule has 0 saturated heterocycles. The molecule has 0 spiro atoms. The van der Waals surface area contributed by atoms with Crippen LogP contribution < -0.4 is 10.6 Å². The maximum Gasteiger partial charge on any atom is 0.251 e. The zero-order valence-electron chi connectivity index (χ0n) is 14.3. The third-order valence-corrected chi connectivity index (χ3v) is 4.54. The molecule has 0 aromatic heterocycles. The van der Waals surface area contributed by atoms with Gasteiger partial charge in [0, 0.05) is 23.7 Å². The van der Waals surface area contributed by atoms with Crippen LogP contribution >= 0.6 is 0 Å². The highest BCUT2D eigenvalue weighted by Gasteiger charge is 2.39. The minimum Gasteiger partial charge on any atom is -0.348 e. The summed E-state index contributed by atoms with van der Waals surface area (Å²) >= 11 is 0. The number of nitrogens with one attached hydrogen (secondary N) is 2. The average molecular weight is 340 g/mol. The molecule has 3 rings (SSSR count). The third kappa shape index (κ3) is 4.24. The Morgan fingerprint density at radius 3 is 2.44 bits per heavy atom. The summed E-state index contributed by atoms with van der Waals surface area (Å²) < 4.78 is 13.2. The van der Waals surface area contributed by atoms with Crippen LogP contribution in [0, 0.1) is 24.6 Å². The number of anilines is 1. The second-order valence-electron chi connectivity index (χ2n) is 6.65. The van der Waals surface area contributed by atoms with Crippen LogP contribution in [-0.4, -0.2) is 11.8 Å². The quantitative estimate of drug-likeness (QED) is 0.873. The first-order valence-electron chi connectivity index (χ1n) is 8.38. The Morgan fingerprint density at radius 2 is 1.84 bits per heavy atom. The standard InChI is InChI=1S/C20H21FN2O2/c1-12-10-17(12)20(25)23-16-6-4-15(5-7-16)19(24)22-11-14-3-8-18(21)13(2)9-14/h3-9,12,17H,10-11H2,1-2H3,(H,22,24)(H,23,25). The fourth-order valence-electron chi connectivity index (χ4n) is 2.73. The number of rotatable bonds is 5. The molecule has 2 amide bonds. The normalized spacial score (nSPS) is 18.5. The van der Waals surface area contributed by atoms with Gasteiger partial charge in [0.2, 0.25) is 5.91 Å². The summed E-state index contributed by atoms with van der Waals surface area (Å²) in [4.78, 5) is 24.1. The minimum atomic E-state index is -0.256. The zero-order chi connectivity index (χ0) is 18.0. The predicted octanol–water partition coefficient (Wildman–Crippen LogP) is 3.66. The van der Waals surface area contributed by atoms with Crippen molar-refractivity contribution in [3.8, 4) is 0 Å². The summed E-state index contributed by atoms with van der Waals surface area (Å²) in [6.07, 6.45) is 0.940. The van der Waals surface area contributed by atoms with Crippen molar-refractivity contribution in [1.29, 1.82) is 0 Å². The molecule has 2 unspecified atom stereocenters. The van der Waals surface area contributed by atoms with Crippen LogP contribution in [0.3, 0.4) is 0 Å². The van der Waals surface area contributed by atoms with Gasteiger partial charge >= 0.3 is 0 Å². The molecule has 0 aliphatic heterocycles. The summed E-state index contributed by atoms with van der Waals surface area (Å²) in [6.45, 7) is 4.08. The number of carbonyl (C=O) groups excluding carboxylic acids is 2. The van der Waals surface area contributed by atoms with Gasteiger partial charge in [-0.2, -0.15) is 0 Å². The van der Waals surface area contributed by atoms with E-state index in [0.717, 1.165) is 12.0 Å². The van der Waals surface area contributed by atoms with Crippen molar-refractivity contribution in [1.82, 2.24) is 5.32 Å². The number of carbonyl (C=O) groups is 2. The summed E-state index contributed by atoms with van der Waals surface area (Å²) in [7, 11) is 0. The first-order chi connectivity index (χ1) is 11.9. The van der Waals surface area contributed by atoms with Crippen LogP contribution in [0.2, 0.25) is 0 Å². The molecule has 2 N–H and O–H groups in total. The third-order valence-electron chi connectivity index (χ3n) is 4.54. The zero-order valence-corrected chi connectivity index (χ0v) is 14.3. The lowest BCUT2D eigenvalue weighted by Gasteiger charge is -2.08. The van der Waals surface area contributed by atoms with Crippen molar-refractivity contribution < 1.29 is 14.0 Å². The Morgan fingerprint density at radius 1 is 1.16 bits per heavy atom. The SMILES string of the molecule is Cc1cc(CNC(=O)c2ccc(NC(=O)C3CC3C)cc2)ccc1F.